The van der Waals surface area contributed by atoms with Gasteiger partial charge in [0.2, 0.25) is 5.91 Å². The Balaban J connectivity index is 1.32. The maximum absolute atomic E-state index is 13.0. The lowest BCUT2D eigenvalue weighted by molar-refractivity contribution is -0.126. The number of rotatable bonds is 3. The van der Waals surface area contributed by atoms with E-state index in [1.54, 1.807) is 6.08 Å². The number of benzene rings is 2. The van der Waals surface area contributed by atoms with Crippen molar-refractivity contribution in [2.24, 2.45) is 0 Å². The van der Waals surface area contributed by atoms with Gasteiger partial charge in [-0.2, -0.15) is 0 Å². The predicted octanol–water partition coefficient (Wildman–Crippen LogP) is 4.81. The van der Waals surface area contributed by atoms with Crippen molar-refractivity contribution in [1.29, 1.82) is 0 Å². The quantitative estimate of drug-likeness (QED) is 0.665. The molecule has 3 aliphatic rings. The molecule has 3 heterocycles. The van der Waals surface area contributed by atoms with E-state index >= 15 is 0 Å². The summed E-state index contributed by atoms with van der Waals surface area (Å²) in [5, 5.41) is 0.661. The largest absolute Gasteiger partial charge is 0.488 e. The summed E-state index contributed by atoms with van der Waals surface area (Å²) >= 11 is 6.08. The number of fused-ring (bicyclic) bond motifs is 2. The van der Waals surface area contributed by atoms with Crippen LogP contribution in [-0.4, -0.2) is 37.2 Å². The van der Waals surface area contributed by atoms with E-state index in [0.29, 0.717) is 24.8 Å². The van der Waals surface area contributed by atoms with E-state index in [9.17, 15) is 4.79 Å². The fourth-order valence-corrected chi connectivity index (χ4v) is 4.36. The number of nitrogens with zero attached hydrogens (tertiary/aromatic N) is 1. The minimum absolute atomic E-state index is 0.00480. The molecule has 0 radical (unpaired) electrons. The lowest BCUT2D eigenvalue weighted by Gasteiger charge is -2.26. The van der Waals surface area contributed by atoms with Crippen molar-refractivity contribution in [3.05, 3.63) is 70.3 Å². The van der Waals surface area contributed by atoms with Gasteiger partial charge in [-0.3, -0.25) is 4.79 Å². The van der Waals surface area contributed by atoms with Crippen LogP contribution in [0.4, 0.5) is 0 Å². The first-order valence-electron chi connectivity index (χ1n) is 10.2. The van der Waals surface area contributed by atoms with Gasteiger partial charge in [0.25, 0.3) is 0 Å². The van der Waals surface area contributed by atoms with Crippen LogP contribution in [0.5, 0.6) is 17.2 Å². The third-order valence-corrected chi connectivity index (χ3v) is 5.87. The van der Waals surface area contributed by atoms with Crippen molar-refractivity contribution in [1.82, 2.24) is 4.90 Å². The van der Waals surface area contributed by atoms with E-state index in [1.807, 2.05) is 53.5 Å². The maximum atomic E-state index is 13.0. The number of carbonyl (C=O) groups excluding carboxylic acids is 1. The molecule has 0 aliphatic carbocycles. The molecule has 1 atom stereocenters. The van der Waals surface area contributed by atoms with Gasteiger partial charge in [-0.1, -0.05) is 23.7 Å². The topological polar surface area (TPSA) is 48.0 Å². The molecule has 0 bridgehead atoms. The van der Waals surface area contributed by atoms with E-state index in [-0.39, 0.29) is 11.9 Å². The number of amides is 1. The SMILES string of the molecule is O=C(C=CC1=Cc2cc(Cl)ccc2OC1)N1CCCC1c1ccc2c(c1)OCCO2. The van der Waals surface area contributed by atoms with E-state index in [2.05, 4.69) is 0 Å². The van der Waals surface area contributed by atoms with Gasteiger partial charge in [-0.25, -0.2) is 0 Å². The zero-order valence-electron chi connectivity index (χ0n) is 16.5. The highest BCUT2D eigenvalue weighted by Gasteiger charge is 2.30. The average Bonchev–Trinajstić information content (AvgIpc) is 3.27. The van der Waals surface area contributed by atoms with Gasteiger partial charge in [0.1, 0.15) is 25.6 Å². The third kappa shape index (κ3) is 3.77. The minimum atomic E-state index is 0.00480. The Morgan fingerprint density at radius 2 is 1.87 bits per heavy atom. The van der Waals surface area contributed by atoms with Crippen LogP contribution in [0, 0.1) is 0 Å². The summed E-state index contributed by atoms with van der Waals surface area (Å²) in [5.41, 5.74) is 2.95. The normalized spacial score (nSPS) is 20.0. The molecule has 5 nitrogen and oxygen atoms in total. The van der Waals surface area contributed by atoms with Crippen LogP contribution < -0.4 is 14.2 Å². The highest BCUT2D eigenvalue weighted by Crippen LogP contribution is 2.38. The molecule has 1 saturated heterocycles. The van der Waals surface area contributed by atoms with Gasteiger partial charge in [0.15, 0.2) is 11.5 Å². The molecule has 6 heteroatoms. The molecule has 3 aliphatic heterocycles. The first-order valence-corrected chi connectivity index (χ1v) is 10.6. The van der Waals surface area contributed by atoms with E-state index in [1.165, 1.54) is 0 Å². The van der Waals surface area contributed by atoms with Gasteiger partial charge in [0, 0.05) is 23.2 Å². The molecule has 0 spiro atoms. The summed E-state index contributed by atoms with van der Waals surface area (Å²) in [7, 11) is 0. The number of halogens is 1. The number of likely N-dealkylation sites (tertiary alicyclic amines) is 1. The summed E-state index contributed by atoms with van der Waals surface area (Å²) in [6, 6.07) is 11.6. The summed E-state index contributed by atoms with van der Waals surface area (Å²) < 4.78 is 17.1. The van der Waals surface area contributed by atoms with Crippen LogP contribution in [0.15, 0.2) is 54.1 Å². The van der Waals surface area contributed by atoms with Crippen molar-refractivity contribution in [2.45, 2.75) is 18.9 Å². The van der Waals surface area contributed by atoms with E-state index in [4.69, 9.17) is 25.8 Å². The Morgan fingerprint density at radius 3 is 2.77 bits per heavy atom. The lowest BCUT2D eigenvalue weighted by atomic mass is 10.0. The third-order valence-electron chi connectivity index (χ3n) is 5.63. The minimum Gasteiger partial charge on any atom is -0.488 e. The Bertz CT molecular complexity index is 1050. The molecule has 1 unspecified atom stereocenters. The Kier molecular flexibility index (Phi) is 5.13. The fourth-order valence-electron chi connectivity index (χ4n) is 4.18. The molecular formula is C24H22ClNO4. The van der Waals surface area contributed by atoms with Crippen LogP contribution in [0.3, 0.4) is 0 Å². The lowest BCUT2D eigenvalue weighted by Crippen LogP contribution is -2.29. The molecule has 0 N–H and O–H groups in total. The average molecular weight is 424 g/mol. The fraction of sp³-hybridized carbons (Fsp3) is 0.292. The second kappa shape index (κ2) is 8.07. The molecule has 154 valence electrons. The molecule has 1 fully saturated rings. The number of ether oxygens (including phenoxy) is 3. The summed E-state index contributed by atoms with van der Waals surface area (Å²) in [5.74, 6) is 2.34. The first kappa shape index (κ1) is 19.1. The van der Waals surface area contributed by atoms with E-state index < -0.39 is 0 Å². The van der Waals surface area contributed by atoms with Crippen molar-refractivity contribution in [3.8, 4) is 17.2 Å². The summed E-state index contributed by atoms with van der Waals surface area (Å²) in [6.45, 7) is 2.31. The molecule has 5 rings (SSSR count). The zero-order chi connectivity index (χ0) is 20.5. The predicted molar refractivity (Wildman–Crippen MR) is 115 cm³/mol. The number of carbonyl (C=O) groups is 1. The second-order valence-corrected chi connectivity index (χ2v) is 8.05. The van der Waals surface area contributed by atoms with Crippen molar-refractivity contribution in [3.63, 3.8) is 0 Å². The van der Waals surface area contributed by atoms with Gasteiger partial charge >= 0.3 is 0 Å². The van der Waals surface area contributed by atoms with Crippen molar-refractivity contribution in [2.75, 3.05) is 26.4 Å². The van der Waals surface area contributed by atoms with Crippen molar-refractivity contribution < 1.29 is 19.0 Å². The van der Waals surface area contributed by atoms with Gasteiger partial charge < -0.3 is 19.1 Å². The maximum Gasteiger partial charge on any atom is 0.247 e. The van der Waals surface area contributed by atoms with Crippen LogP contribution in [0.2, 0.25) is 5.02 Å². The number of hydrogen-bond acceptors (Lipinski definition) is 4. The van der Waals surface area contributed by atoms with Gasteiger partial charge in [0.05, 0.1) is 6.04 Å². The molecule has 30 heavy (non-hydrogen) atoms. The summed E-state index contributed by atoms with van der Waals surface area (Å²) in [4.78, 5) is 14.9. The first-order chi connectivity index (χ1) is 14.7. The van der Waals surface area contributed by atoms with Crippen LogP contribution >= 0.6 is 11.6 Å². The van der Waals surface area contributed by atoms with Crippen LogP contribution in [-0.2, 0) is 4.79 Å². The smallest absolute Gasteiger partial charge is 0.247 e. The molecule has 0 saturated carbocycles. The Labute approximate surface area is 180 Å². The molecule has 1 amide bonds. The highest BCUT2D eigenvalue weighted by molar-refractivity contribution is 6.30. The second-order valence-electron chi connectivity index (χ2n) is 7.62. The number of hydrogen-bond donors (Lipinski definition) is 0. The standard InChI is InChI=1S/C24H22ClNO4/c25-19-5-7-21-18(13-19)12-16(15-30-21)3-8-24(27)26-9-1-2-20(26)17-4-6-22-23(14-17)29-11-10-28-22/h3-8,12-14,20H,1-2,9-11,15H2. The molecular weight excluding hydrogens is 402 g/mol. The van der Waals surface area contributed by atoms with Gasteiger partial charge in [-0.15, -0.1) is 0 Å². The molecule has 2 aromatic carbocycles. The Morgan fingerprint density at radius 1 is 1.03 bits per heavy atom. The molecule has 0 aromatic heterocycles. The summed E-state index contributed by atoms with van der Waals surface area (Å²) in [6.07, 6.45) is 7.41. The zero-order valence-corrected chi connectivity index (χ0v) is 17.2. The van der Waals surface area contributed by atoms with Crippen LogP contribution in [0.25, 0.3) is 6.08 Å². The Hall–Kier alpha value is -2.92. The van der Waals surface area contributed by atoms with Gasteiger partial charge in [-0.05, 0) is 60.4 Å². The van der Waals surface area contributed by atoms with E-state index in [0.717, 1.165) is 53.3 Å². The monoisotopic (exact) mass is 423 g/mol. The van der Waals surface area contributed by atoms with Crippen molar-refractivity contribution >= 4 is 23.6 Å². The van der Waals surface area contributed by atoms with Crippen LogP contribution in [0.1, 0.15) is 30.0 Å². The molecule has 2 aromatic rings. The highest BCUT2D eigenvalue weighted by atomic mass is 35.5.